The average molecular weight is 256 g/mol. The third-order valence-electron chi connectivity index (χ3n) is 4.50. The summed E-state index contributed by atoms with van der Waals surface area (Å²) < 4.78 is 10.7. The molecule has 3 atom stereocenters. The number of hydrogen-bond donors (Lipinski definition) is 0. The molecular formula is C14H28N2O2. The standard InChI is InChI=1S/C14H28N2O2/c1-4-12-8-15-7-5-6-13(15)9-16(12)10-14(18-3)11-17-2/h12-14H,4-11H2,1-3H3. The maximum Gasteiger partial charge on any atom is 0.0931 e. The van der Waals surface area contributed by atoms with Crippen molar-refractivity contribution < 1.29 is 9.47 Å². The van der Waals surface area contributed by atoms with E-state index in [1.807, 2.05) is 0 Å². The Hall–Kier alpha value is -0.160. The zero-order valence-corrected chi connectivity index (χ0v) is 12.1. The number of fused-ring (bicyclic) bond motifs is 1. The highest BCUT2D eigenvalue weighted by Gasteiger charge is 2.36. The van der Waals surface area contributed by atoms with Crippen molar-refractivity contribution in [2.24, 2.45) is 0 Å². The van der Waals surface area contributed by atoms with Crippen molar-refractivity contribution in [3.63, 3.8) is 0 Å². The number of piperazine rings is 1. The van der Waals surface area contributed by atoms with Crippen LogP contribution in [0.15, 0.2) is 0 Å². The van der Waals surface area contributed by atoms with Crippen LogP contribution in [0.25, 0.3) is 0 Å². The van der Waals surface area contributed by atoms with Crippen molar-refractivity contribution >= 4 is 0 Å². The molecule has 2 fully saturated rings. The first-order chi connectivity index (χ1) is 8.78. The molecule has 0 aromatic rings. The minimum atomic E-state index is 0.206. The maximum absolute atomic E-state index is 5.52. The number of hydrogen-bond acceptors (Lipinski definition) is 4. The molecule has 4 nitrogen and oxygen atoms in total. The van der Waals surface area contributed by atoms with Crippen LogP contribution in [0.4, 0.5) is 0 Å². The van der Waals surface area contributed by atoms with Gasteiger partial charge >= 0.3 is 0 Å². The van der Waals surface area contributed by atoms with Crippen LogP contribution < -0.4 is 0 Å². The van der Waals surface area contributed by atoms with Crippen molar-refractivity contribution in [3.05, 3.63) is 0 Å². The van der Waals surface area contributed by atoms with Gasteiger partial charge in [-0.1, -0.05) is 6.92 Å². The van der Waals surface area contributed by atoms with E-state index in [1.165, 1.54) is 38.9 Å². The van der Waals surface area contributed by atoms with Gasteiger partial charge in [0.2, 0.25) is 0 Å². The minimum absolute atomic E-state index is 0.206. The molecule has 2 heterocycles. The van der Waals surface area contributed by atoms with Gasteiger partial charge < -0.3 is 9.47 Å². The van der Waals surface area contributed by atoms with Crippen molar-refractivity contribution in [1.29, 1.82) is 0 Å². The predicted octanol–water partition coefficient (Wildman–Crippen LogP) is 1.21. The molecule has 2 aliphatic heterocycles. The van der Waals surface area contributed by atoms with Gasteiger partial charge in [0.05, 0.1) is 12.7 Å². The quantitative estimate of drug-likeness (QED) is 0.713. The van der Waals surface area contributed by atoms with Gasteiger partial charge in [-0.05, 0) is 25.8 Å². The first-order valence-electron chi connectivity index (χ1n) is 7.28. The second kappa shape index (κ2) is 6.85. The second-order valence-corrected chi connectivity index (χ2v) is 5.62. The van der Waals surface area contributed by atoms with E-state index in [4.69, 9.17) is 9.47 Å². The number of ether oxygens (including phenoxy) is 2. The molecule has 2 saturated heterocycles. The topological polar surface area (TPSA) is 24.9 Å². The van der Waals surface area contributed by atoms with Crippen molar-refractivity contribution in [2.75, 3.05) is 47.0 Å². The summed E-state index contributed by atoms with van der Waals surface area (Å²) in [7, 11) is 3.54. The maximum atomic E-state index is 5.52. The first kappa shape index (κ1) is 14.3. The molecule has 0 N–H and O–H groups in total. The number of nitrogens with zero attached hydrogens (tertiary/aromatic N) is 2. The molecule has 3 unspecified atom stereocenters. The Morgan fingerprint density at radius 2 is 2.11 bits per heavy atom. The van der Waals surface area contributed by atoms with E-state index in [0.717, 1.165) is 12.6 Å². The van der Waals surface area contributed by atoms with Gasteiger partial charge in [0, 0.05) is 45.9 Å². The van der Waals surface area contributed by atoms with Crippen LogP contribution in [-0.2, 0) is 9.47 Å². The van der Waals surface area contributed by atoms with E-state index in [0.29, 0.717) is 12.6 Å². The van der Waals surface area contributed by atoms with E-state index in [1.54, 1.807) is 14.2 Å². The first-order valence-corrected chi connectivity index (χ1v) is 7.28. The molecule has 0 aliphatic carbocycles. The highest BCUT2D eigenvalue weighted by Crippen LogP contribution is 2.26. The van der Waals surface area contributed by atoms with Crippen LogP contribution in [0.5, 0.6) is 0 Å². The van der Waals surface area contributed by atoms with E-state index >= 15 is 0 Å². The Labute approximate surface area is 111 Å². The van der Waals surface area contributed by atoms with Crippen molar-refractivity contribution in [1.82, 2.24) is 9.80 Å². The average Bonchev–Trinajstić information content (AvgIpc) is 2.84. The van der Waals surface area contributed by atoms with Gasteiger partial charge in [-0.25, -0.2) is 0 Å². The van der Waals surface area contributed by atoms with E-state index in [-0.39, 0.29) is 6.10 Å². The Kier molecular flexibility index (Phi) is 5.42. The van der Waals surface area contributed by atoms with Crippen LogP contribution in [0.2, 0.25) is 0 Å². The molecule has 0 saturated carbocycles. The zero-order valence-electron chi connectivity index (χ0n) is 12.1. The SMILES string of the molecule is CCC1CN2CCCC2CN1CC(COC)OC. The third-order valence-corrected chi connectivity index (χ3v) is 4.50. The third kappa shape index (κ3) is 3.23. The van der Waals surface area contributed by atoms with Crippen molar-refractivity contribution in [2.45, 2.75) is 44.4 Å². The molecule has 0 spiro atoms. The van der Waals surface area contributed by atoms with Crippen molar-refractivity contribution in [3.8, 4) is 0 Å². The summed E-state index contributed by atoms with van der Waals surface area (Å²) >= 11 is 0. The van der Waals surface area contributed by atoms with Crippen LogP contribution in [0, 0.1) is 0 Å². The fraction of sp³-hybridized carbons (Fsp3) is 1.00. The summed E-state index contributed by atoms with van der Waals surface area (Å²) in [6.07, 6.45) is 4.18. The fourth-order valence-electron chi connectivity index (χ4n) is 3.40. The monoisotopic (exact) mass is 256 g/mol. The van der Waals surface area contributed by atoms with E-state index in [9.17, 15) is 0 Å². The lowest BCUT2D eigenvalue weighted by molar-refractivity contribution is -0.0271. The molecule has 0 aromatic heterocycles. The van der Waals surface area contributed by atoms with E-state index in [2.05, 4.69) is 16.7 Å². The molecule has 4 heteroatoms. The summed E-state index contributed by atoms with van der Waals surface area (Å²) in [4.78, 5) is 5.31. The molecule has 18 heavy (non-hydrogen) atoms. The van der Waals surface area contributed by atoms with Gasteiger partial charge in [-0.15, -0.1) is 0 Å². The lowest BCUT2D eigenvalue weighted by Gasteiger charge is -2.44. The smallest absolute Gasteiger partial charge is 0.0931 e. The van der Waals surface area contributed by atoms with Gasteiger partial charge in [0.25, 0.3) is 0 Å². The Morgan fingerprint density at radius 3 is 2.78 bits per heavy atom. The van der Waals surface area contributed by atoms with Crippen LogP contribution in [-0.4, -0.2) is 75.0 Å². The predicted molar refractivity (Wildman–Crippen MR) is 72.9 cm³/mol. The van der Waals surface area contributed by atoms with Crippen LogP contribution >= 0.6 is 0 Å². The molecular weight excluding hydrogens is 228 g/mol. The minimum Gasteiger partial charge on any atom is -0.382 e. The lowest BCUT2D eigenvalue weighted by Crippen LogP contribution is -2.57. The van der Waals surface area contributed by atoms with Gasteiger partial charge in [0.1, 0.15) is 0 Å². The molecule has 0 aromatic carbocycles. The normalized spacial score (nSPS) is 31.5. The lowest BCUT2D eigenvalue weighted by atomic mass is 10.0. The number of rotatable bonds is 6. The Bertz CT molecular complexity index is 250. The summed E-state index contributed by atoms with van der Waals surface area (Å²) in [5.41, 5.74) is 0. The molecule has 106 valence electrons. The van der Waals surface area contributed by atoms with Gasteiger partial charge in [-0.3, -0.25) is 9.80 Å². The summed E-state index contributed by atoms with van der Waals surface area (Å²) in [6, 6.07) is 1.47. The molecule has 0 bridgehead atoms. The largest absolute Gasteiger partial charge is 0.382 e. The molecule has 2 aliphatic rings. The second-order valence-electron chi connectivity index (χ2n) is 5.62. The Morgan fingerprint density at radius 1 is 1.28 bits per heavy atom. The zero-order chi connectivity index (χ0) is 13.0. The summed E-state index contributed by atoms with van der Waals surface area (Å²) in [5.74, 6) is 0. The molecule has 0 amide bonds. The summed E-state index contributed by atoms with van der Waals surface area (Å²) in [6.45, 7) is 7.75. The highest BCUT2D eigenvalue weighted by molar-refractivity contribution is 4.92. The summed E-state index contributed by atoms with van der Waals surface area (Å²) in [5, 5.41) is 0. The van der Waals surface area contributed by atoms with Crippen LogP contribution in [0.3, 0.4) is 0 Å². The Balaban J connectivity index is 1.92. The molecule has 2 rings (SSSR count). The highest BCUT2D eigenvalue weighted by atomic mass is 16.5. The van der Waals surface area contributed by atoms with Gasteiger partial charge in [-0.2, -0.15) is 0 Å². The fourth-order valence-corrected chi connectivity index (χ4v) is 3.40. The number of methoxy groups -OCH3 is 2. The molecule has 0 radical (unpaired) electrons. The van der Waals surface area contributed by atoms with E-state index < -0.39 is 0 Å². The van der Waals surface area contributed by atoms with Gasteiger partial charge in [0.15, 0.2) is 0 Å². The van der Waals surface area contributed by atoms with Crippen LogP contribution in [0.1, 0.15) is 26.2 Å².